The zero-order valence-corrected chi connectivity index (χ0v) is 15.3. The van der Waals surface area contributed by atoms with Gasteiger partial charge in [-0.25, -0.2) is 4.68 Å². The fourth-order valence-electron chi connectivity index (χ4n) is 2.24. The van der Waals surface area contributed by atoms with Crippen LogP contribution in [0.5, 0.6) is 5.75 Å². The van der Waals surface area contributed by atoms with E-state index in [1.165, 1.54) is 0 Å². The molecule has 0 aliphatic rings. The molecule has 0 atom stereocenters. The SMILES string of the molecule is CCn1nnnc1COc1cccc(C(=O)Nc2cccc(Cl)c2Cl)c1. The summed E-state index contributed by atoms with van der Waals surface area (Å²) < 4.78 is 7.32. The third-order valence-electron chi connectivity index (χ3n) is 3.57. The van der Waals surface area contributed by atoms with E-state index < -0.39 is 0 Å². The Bertz CT molecular complexity index is 929. The molecule has 3 rings (SSSR count). The number of carbonyl (C=O) groups excluding carboxylic acids is 1. The highest BCUT2D eigenvalue weighted by molar-refractivity contribution is 6.44. The van der Waals surface area contributed by atoms with E-state index in [0.29, 0.717) is 39.4 Å². The van der Waals surface area contributed by atoms with Crippen molar-refractivity contribution in [3.63, 3.8) is 0 Å². The monoisotopic (exact) mass is 391 g/mol. The first-order valence-corrected chi connectivity index (χ1v) is 8.57. The fourth-order valence-corrected chi connectivity index (χ4v) is 2.59. The first-order valence-electron chi connectivity index (χ1n) is 7.81. The Kier molecular flexibility index (Phi) is 5.70. The lowest BCUT2D eigenvalue weighted by molar-refractivity contribution is 0.102. The van der Waals surface area contributed by atoms with Crippen LogP contribution in [-0.4, -0.2) is 26.1 Å². The number of anilines is 1. The second-order valence-electron chi connectivity index (χ2n) is 5.28. The Morgan fingerprint density at radius 3 is 2.85 bits per heavy atom. The highest BCUT2D eigenvalue weighted by Gasteiger charge is 2.12. The normalized spacial score (nSPS) is 10.6. The van der Waals surface area contributed by atoms with E-state index in [9.17, 15) is 4.79 Å². The molecule has 9 heteroatoms. The van der Waals surface area contributed by atoms with Gasteiger partial charge in [0.2, 0.25) is 0 Å². The maximum atomic E-state index is 12.5. The number of hydrogen-bond donors (Lipinski definition) is 1. The standard InChI is InChI=1S/C17H15Cl2N5O2/c1-2-24-15(21-22-23-24)10-26-12-6-3-5-11(9-12)17(25)20-14-8-4-7-13(18)16(14)19/h3-9H,2,10H2,1H3,(H,20,25). The summed E-state index contributed by atoms with van der Waals surface area (Å²) in [5.74, 6) is 0.812. The van der Waals surface area contributed by atoms with Crippen molar-refractivity contribution in [2.24, 2.45) is 0 Å². The number of benzene rings is 2. The van der Waals surface area contributed by atoms with Gasteiger partial charge in [0.1, 0.15) is 12.4 Å². The number of halogens is 2. The number of amides is 1. The lowest BCUT2D eigenvalue weighted by atomic mass is 10.2. The van der Waals surface area contributed by atoms with Gasteiger partial charge in [0, 0.05) is 12.1 Å². The molecule has 0 aliphatic carbocycles. The Hall–Kier alpha value is -2.64. The second-order valence-corrected chi connectivity index (χ2v) is 6.07. The van der Waals surface area contributed by atoms with E-state index in [4.69, 9.17) is 27.9 Å². The van der Waals surface area contributed by atoms with Gasteiger partial charge in [-0.15, -0.1) is 5.10 Å². The van der Waals surface area contributed by atoms with Crippen LogP contribution in [0, 0.1) is 0 Å². The van der Waals surface area contributed by atoms with Crippen molar-refractivity contribution in [1.29, 1.82) is 0 Å². The number of nitrogens with zero attached hydrogens (tertiary/aromatic N) is 4. The minimum Gasteiger partial charge on any atom is -0.486 e. The first kappa shape index (κ1) is 18.2. The molecule has 1 amide bonds. The number of rotatable bonds is 6. The minimum absolute atomic E-state index is 0.200. The molecule has 0 spiro atoms. The summed E-state index contributed by atoms with van der Waals surface area (Å²) in [7, 11) is 0. The van der Waals surface area contributed by atoms with Crippen molar-refractivity contribution in [1.82, 2.24) is 20.2 Å². The smallest absolute Gasteiger partial charge is 0.255 e. The maximum absolute atomic E-state index is 12.5. The van der Waals surface area contributed by atoms with Gasteiger partial charge in [0.05, 0.1) is 15.7 Å². The molecule has 3 aromatic rings. The third kappa shape index (κ3) is 4.12. The van der Waals surface area contributed by atoms with Gasteiger partial charge in [-0.05, 0) is 47.7 Å². The van der Waals surface area contributed by atoms with Gasteiger partial charge in [-0.1, -0.05) is 35.3 Å². The van der Waals surface area contributed by atoms with Crippen LogP contribution in [0.3, 0.4) is 0 Å². The number of ether oxygens (including phenoxy) is 1. The molecule has 0 fully saturated rings. The summed E-state index contributed by atoms with van der Waals surface area (Å²) in [6, 6.07) is 11.8. The third-order valence-corrected chi connectivity index (χ3v) is 4.39. The molecule has 1 N–H and O–H groups in total. The first-order chi connectivity index (χ1) is 12.6. The van der Waals surface area contributed by atoms with Crippen LogP contribution in [0.2, 0.25) is 10.0 Å². The molecular formula is C17H15Cl2N5O2. The molecule has 0 radical (unpaired) electrons. The fraction of sp³-hybridized carbons (Fsp3) is 0.176. The Morgan fingerprint density at radius 1 is 1.23 bits per heavy atom. The van der Waals surface area contributed by atoms with E-state index in [1.807, 2.05) is 6.92 Å². The van der Waals surface area contributed by atoms with Gasteiger partial charge in [-0.3, -0.25) is 4.79 Å². The Balaban J connectivity index is 1.70. The molecule has 0 aliphatic heterocycles. The van der Waals surface area contributed by atoms with E-state index in [0.717, 1.165) is 0 Å². The van der Waals surface area contributed by atoms with Crippen LogP contribution in [0.25, 0.3) is 0 Å². The van der Waals surface area contributed by atoms with Crippen LogP contribution < -0.4 is 10.1 Å². The van der Waals surface area contributed by atoms with E-state index in [1.54, 1.807) is 47.1 Å². The summed E-state index contributed by atoms with van der Waals surface area (Å²) in [4.78, 5) is 12.5. The molecule has 7 nitrogen and oxygen atoms in total. The number of hydrogen-bond acceptors (Lipinski definition) is 5. The molecule has 1 aromatic heterocycles. The maximum Gasteiger partial charge on any atom is 0.255 e. The van der Waals surface area contributed by atoms with Gasteiger partial charge in [0.25, 0.3) is 5.91 Å². The summed E-state index contributed by atoms with van der Waals surface area (Å²) >= 11 is 12.1. The van der Waals surface area contributed by atoms with Crippen LogP contribution in [0.4, 0.5) is 5.69 Å². The lowest BCUT2D eigenvalue weighted by Crippen LogP contribution is -2.12. The molecule has 0 saturated heterocycles. The quantitative estimate of drug-likeness (QED) is 0.690. The highest BCUT2D eigenvalue weighted by atomic mass is 35.5. The number of aromatic nitrogens is 4. The lowest BCUT2D eigenvalue weighted by Gasteiger charge is -2.10. The highest BCUT2D eigenvalue weighted by Crippen LogP contribution is 2.30. The second kappa shape index (κ2) is 8.16. The van der Waals surface area contributed by atoms with Crippen molar-refractivity contribution >= 4 is 34.8 Å². The van der Waals surface area contributed by atoms with Crippen molar-refractivity contribution in [2.45, 2.75) is 20.1 Å². The summed E-state index contributed by atoms with van der Waals surface area (Å²) in [6.45, 7) is 2.78. The van der Waals surface area contributed by atoms with Crippen LogP contribution in [0.15, 0.2) is 42.5 Å². The summed E-state index contributed by atoms with van der Waals surface area (Å²) in [5.41, 5.74) is 0.867. The molecular weight excluding hydrogens is 377 g/mol. The van der Waals surface area contributed by atoms with E-state index >= 15 is 0 Å². The molecule has 0 unspecified atom stereocenters. The molecule has 2 aromatic carbocycles. The average Bonchev–Trinajstić information content (AvgIpc) is 3.11. The zero-order chi connectivity index (χ0) is 18.5. The predicted octanol–water partition coefficient (Wildman–Crippen LogP) is 3.83. The number of carbonyl (C=O) groups is 1. The van der Waals surface area contributed by atoms with Gasteiger partial charge in [0.15, 0.2) is 5.82 Å². The molecule has 0 saturated carbocycles. The number of nitrogens with one attached hydrogen (secondary N) is 1. The van der Waals surface area contributed by atoms with Crippen molar-refractivity contribution in [3.05, 3.63) is 63.9 Å². The van der Waals surface area contributed by atoms with Gasteiger partial charge < -0.3 is 10.1 Å². The van der Waals surface area contributed by atoms with Gasteiger partial charge in [-0.2, -0.15) is 0 Å². The molecule has 1 heterocycles. The van der Waals surface area contributed by atoms with Crippen LogP contribution >= 0.6 is 23.2 Å². The van der Waals surface area contributed by atoms with E-state index in [2.05, 4.69) is 20.8 Å². The zero-order valence-electron chi connectivity index (χ0n) is 13.8. The largest absolute Gasteiger partial charge is 0.486 e. The van der Waals surface area contributed by atoms with E-state index in [-0.39, 0.29) is 12.5 Å². The molecule has 134 valence electrons. The van der Waals surface area contributed by atoms with Crippen molar-refractivity contribution in [2.75, 3.05) is 5.32 Å². The topological polar surface area (TPSA) is 81.9 Å². The molecule has 0 bridgehead atoms. The van der Waals surface area contributed by atoms with Crippen molar-refractivity contribution < 1.29 is 9.53 Å². The van der Waals surface area contributed by atoms with Crippen LogP contribution in [-0.2, 0) is 13.2 Å². The Labute approximate surface area is 159 Å². The van der Waals surface area contributed by atoms with Gasteiger partial charge >= 0.3 is 0 Å². The molecule has 26 heavy (non-hydrogen) atoms. The number of tetrazole rings is 1. The summed E-state index contributed by atoms with van der Waals surface area (Å²) in [5, 5.41) is 14.8. The minimum atomic E-state index is -0.321. The Morgan fingerprint density at radius 2 is 2.04 bits per heavy atom. The summed E-state index contributed by atoms with van der Waals surface area (Å²) in [6.07, 6.45) is 0. The average molecular weight is 392 g/mol. The van der Waals surface area contributed by atoms with Crippen molar-refractivity contribution in [3.8, 4) is 5.75 Å². The van der Waals surface area contributed by atoms with Crippen LogP contribution in [0.1, 0.15) is 23.1 Å². The number of aryl methyl sites for hydroxylation is 1. The predicted molar refractivity (Wildman–Crippen MR) is 98.7 cm³/mol.